The van der Waals surface area contributed by atoms with Crippen molar-refractivity contribution in [2.45, 2.75) is 70.4 Å². The van der Waals surface area contributed by atoms with Crippen molar-refractivity contribution in [3.8, 4) is 5.88 Å². The molecule has 1 saturated carbocycles. The number of nitrogens with zero attached hydrogens (tertiary/aromatic N) is 3. The molecule has 28 heavy (non-hydrogen) atoms. The van der Waals surface area contributed by atoms with Crippen molar-refractivity contribution in [2.75, 3.05) is 31.6 Å². The summed E-state index contributed by atoms with van der Waals surface area (Å²) in [7, 11) is 1.65. The van der Waals surface area contributed by atoms with E-state index in [4.69, 9.17) is 4.74 Å². The van der Waals surface area contributed by atoms with Crippen LogP contribution in [0.4, 0.5) is 5.69 Å². The number of anilines is 1. The van der Waals surface area contributed by atoms with Crippen molar-refractivity contribution in [3.05, 3.63) is 17.8 Å². The molecule has 0 spiro atoms. The Morgan fingerprint density at radius 2 is 2.11 bits per heavy atom. The van der Waals surface area contributed by atoms with E-state index in [1.54, 1.807) is 7.11 Å². The SMILES string of the molecule is COc1cc(C)c(N2CCCC(CCCN(C=O)C3CCC(O)CC3)C2)cn1. The fourth-order valence-electron chi connectivity index (χ4n) is 4.76. The number of aliphatic hydroxyl groups excluding tert-OH is 1. The summed E-state index contributed by atoms with van der Waals surface area (Å²) in [5, 5.41) is 9.67. The molecule has 1 aliphatic heterocycles. The Bertz CT molecular complexity index is 631. The summed E-state index contributed by atoms with van der Waals surface area (Å²) in [6.07, 6.45) is 10.9. The minimum atomic E-state index is -0.172. The van der Waals surface area contributed by atoms with Gasteiger partial charge in [0.05, 0.1) is 25.1 Å². The lowest BCUT2D eigenvalue weighted by molar-refractivity contribution is -0.121. The first-order chi connectivity index (χ1) is 13.6. The van der Waals surface area contributed by atoms with Crippen LogP contribution in [0.5, 0.6) is 5.88 Å². The van der Waals surface area contributed by atoms with Crippen molar-refractivity contribution in [2.24, 2.45) is 5.92 Å². The number of carbonyl (C=O) groups is 1. The molecule has 1 atom stereocenters. The molecule has 6 nitrogen and oxygen atoms in total. The standard InChI is InChI=1S/C22H35N3O3/c1-17-13-22(28-2)23-14-21(17)24-11-3-5-18(15-24)6-4-12-25(16-26)19-7-9-20(27)10-8-19/h13-14,16,18-20,27H,3-12,15H2,1-2H3. The molecule has 0 radical (unpaired) electrons. The van der Waals surface area contributed by atoms with E-state index in [9.17, 15) is 9.90 Å². The molecule has 2 fully saturated rings. The number of rotatable bonds is 8. The van der Waals surface area contributed by atoms with Crippen molar-refractivity contribution in [1.82, 2.24) is 9.88 Å². The van der Waals surface area contributed by atoms with Crippen LogP contribution in [0.1, 0.15) is 56.9 Å². The van der Waals surface area contributed by atoms with Gasteiger partial charge in [-0.15, -0.1) is 0 Å². The van der Waals surface area contributed by atoms with E-state index < -0.39 is 0 Å². The molecule has 1 saturated heterocycles. The molecule has 3 rings (SSSR count). The lowest BCUT2D eigenvalue weighted by Crippen LogP contribution is -2.39. The molecule has 2 aliphatic rings. The van der Waals surface area contributed by atoms with Crippen molar-refractivity contribution >= 4 is 12.1 Å². The highest BCUT2D eigenvalue weighted by Gasteiger charge is 2.25. The molecular formula is C22H35N3O3. The maximum Gasteiger partial charge on any atom is 0.213 e. The van der Waals surface area contributed by atoms with Gasteiger partial charge in [0.2, 0.25) is 12.3 Å². The lowest BCUT2D eigenvalue weighted by atomic mass is 9.91. The molecule has 156 valence electrons. The van der Waals surface area contributed by atoms with E-state index >= 15 is 0 Å². The van der Waals surface area contributed by atoms with Crippen LogP contribution in [0.15, 0.2) is 12.3 Å². The quantitative estimate of drug-likeness (QED) is 0.692. The monoisotopic (exact) mass is 389 g/mol. The zero-order valence-electron chi connectivity index (χ0n) is 17.3. The number of piperidine rings is 1. The van der Waals surface area contributed by atoms with Crippen molar-refractivity contribution < 1.29 is 14.6 Å². The predicted octanol–water partition coefficient (Wildman–Crippen LogP) is 3.16. The number of aliphatic hydroxyl groups is 1. The highest BCUT2D eigenvalue weighted by atomic mass is 16.5. The highest BCUT2D eigenvalue weighted by molar-refractivity contribution is 5.53. The molecule has 2 heterocycles. The Kier molecular flexibility index (Phi) is 7.54. The summed E-state index contributed by atoms with van der Waals surface area (Å²) in [6, 6.07) is 2.32. The van der Waals surface area contributed by atoms with Gasteiger partial charge in [0, 0.05) is 31.7 Å². The van der Waals surface area contributed by atoms with Crippen LogP contribution in [-0.2, 0) is 4.79 Å². The Morgan fingerprint density at radius 3 is 2.79 bits per heavy atom. The van der Waals surface area contributed by atoms with Gasteiger partial charge in [-0.25, -0.2) is 4.98 Å². The van der Waals surface area contributed by atoms with Gasteiger partial charge in [-0.2, -0.15) is 0 Å². The van der Waals surface area contributed by atoms with Crippen LogP contribution in [0.25, 0.3) is 0 Å². The van der Waals surface area contributed by atoms with Crippen molar-refractivity contribution in [1.29, 1.82) is 0 Å². The van der Waals surface area contributed by atoms with E-state index in [2.05, 4.69) is 16.8 Å². The molecule has 1 amide bonds. The Labute approximate surface area is 168 Å². The number of hydrogen-bond acceptors (Lipinski definition) is 5. The van der Waals surface area contributed by atoms with Gasteiger partial charge in [-0.1, -0.05) is 0 Å². The second kappa shape index (κ2) is 10.1. The molecule has 0 aromatic carbocycles. The van der Waals surface area contributed by atoms with Gasteiger partial charge >= 0.3 is 0 Å². The highest BCUT2D eigenvalue weighted by Crippen LogP contribution is 2.29. The van der Waals surface area contributed by atoms with Gasteiger partial charge < -0.3 is 19.6 Å². The number of carbonyl (C=O) groups excluding carboxylic acids is 1. The summed E-state index contributed by atoms with van der Waals surface area (Å²) in [5.74, 6) is 1.33. The number of aromatic nitrogens is 1. The van der Waals surface area contributed by atoms with Crippen LogP contribution < -0.4 is 9.64 Å². The van der Waals surface area contributed by atoms with Gasteiger partial charge in [-0.05, 0) is 69.8 Å². The van der Waals surface area contributed by atoms with Gasteiger partial charge in [-0.3, -0.25) is 4.79 Å². The third-order valence-electron chi connectivity index (χ3n) is 6.43. The molecule has 0 bridgehead atoms. The van der Waals surface area contributed by atoms with E-state index in [0.717, 1.165) is 64.6 Å². The third kappa shape index (κ3) is 5.37. The van der Waals surface area contributed by atoms with E-state index in [-0.39, 0.29) is 6.10 Å². The first-order valence-electron chi connectivity index (χ1n) is 10.8. The minimum Gasteiger partial charge on any atom is -0.481 e. The molecule has 1 aromatic rings. The molecule has 1 aromatic heterocycles. The number of pyridine rings is 1. The summed E-state index contributed by atoms with van der Waals surface area (Å²) in [6.45, 7) is 5.10. The van der Waals surface area contributed by atoms with Crippen LogP contribution >= 0.6 is 0 Å². The molecule has 1 unspecified atom stereocenters. The Morgan fingerprint density at radius 1 is 1.32 bits per heavy atom. The average molecular weight is 390 g/mol. The zero-order valence-corrected chi connectivity index (χ0v) is 17.3. The van der Waals surface area contributed by atoms with E-state index in [1.807, 2.05) is 17.2 Å². The van der Waals surface area contributed by atoms with Crippen LogP contribution in [0, 0.1) is 12.8 Å². The maximum atomic E-state index is 11.5. The number of aryl methyl sites for hydroxylation is 1. The molecule has 1 N–H and O–H groups in total. The molecule has 1 aliphatic carbocycles. The summed E-state index contributed by atoms with van der Waals surface area (Å²) >= 11 is 0. The van der Waals surface area contributed by atoms with Crippen molar-refractivity contribution in [3.63, 3.8) is 0 Å². The zero-order chi connectivity index (χ0) is 19.9. The van der Waals surface area contributed by atoms with Gasteiger partial charge in [0.25, 0.3) is 0 Å². The van der Waals surface area contributed by atoms with E-state index in [1.165, 1.54) is 24.1 Å². The Balaban J connectivity index is 1.47. The first kappa shape index (κ1) is 20.9. The minimum absolute atomic E-state index is 0.172. The van der Waals surface area contributed by atoms with Crippen LogP contribution in [0.2, 0.25) is 0 Å². The number of amides is 1. The normalized spacial score (nSPS) is 25.4. The molecular weight excluding hydrogens is 354 g/mol. The van der Waals surface area contributed by atoms with Gasteiger partial charge in [0.15, 0.2) is 0 Å². The average Bonchev–Trinajstić information content (AvgIpc) is 2.72. The first-order valence-corrected chi connectivity index (χ1v) is 10.8. The second-order valence-electron chi connectivity index (χ2n) is 8.42. The predicted molar refractivity (Wildman–Crippen MR) is 111 cm³/mol. The topological polar surface area (TPSA) is 65.9 Å². The fourth-order valence-corrected chi connectivity index (χ4v) is 4.76. The summed E-state index contributed by atoms with van der Waals surface area (Å²) in [5.41, 5.74) is 2.42. The van der Waals surface area contributed by atoms with Gasteiger partial charge in [0.1, 0.15) is 0 Å². The maximum absolute atomic E-state index is 11.5. The number of ether oxygens (including phenoxy) is 1. The molecule has 6 heteroatoms. The smallest absolute Gasteiger partial charge is 0.213 e. The number of methoxy groups -OCH3 is 1. The van der Waals surface area contributed by atoms with Crippen LogP contribution in [0.3, 0.4) is 0 Å². The fraction of sp³-hybridized carbons (Fsp3) is 0.727. The van der Waals surface area contributed by atoms with E-state index in [0.29, 0.717) is 17.8 Å². The number of hydrogen-bond donors (Lipinski definition) is 1. The van der Waals surface area contributed by atoms with Crippen LogP contribution in [-0.4, -0.2) is 60.3 Å². The summed E-state index contributed by atoms with van der Waals surface area (Å²) in [4.78, 5) is 20.3. The summed E-state index contributed by atoms with van der Waals surface area (Å²) < 4.78 is 5.22. The lowest BCUT2D eigenvalue weighted by Gasteiger charge is -2.36. The largest absolute Gasteiger partial charge is 0.481 e. The second-order valence-corrected chi connectivity index (χ2v) is 8.42. The third-order valence-corrected chi connectivity index (χ3v) is 6.43. The Hall–Kier alpha value is -1.82.